The molecule has 0 aromatic heterocycles. The highest BCUT2D eigenvalue weighted by Crippen LogP contribution is 2.22. The van der Waals surface area contributed by atoms with E-state index in [1.807, 2.05) is 0 Å². The minimum Gasteiger partial charge on any atom is -0.480 e. The highest BCUT2D eigenvalue weighted by molar-refractivity contribution is 5.74. The number of carboxylic acids is 1. The van der Waals surface area contributed by atoms with Gasteiger partial charge in [0.15, 0.2) is 0 Å². The summed E-state index contributed by atoms with van der Waals surface area (Å²) in [5, 5.41) is 45.7. The van der Waals surface area contributed by atoms with Crippen molar-refractivity contribution in [2.45, 2.75) is 36.6 Å². The number of aliphatic hydroxyl groups is 4. The number of carbonyl (C=O) groups is 1. The summed E-state index contributed by atoms with van der Waals surface area (Å²) in [6.45, 7) is -0.617. The van der Waals surface area contributed by atoms with Gasteiger partial charge in [0.25, 0.3) is 0 Å². The summed E-state index contributed by atoms with van der Waals surface area (Å²) in [5.41, 5.74) is 5.25. The molecule has 0 bridgehead atoms. The number of hydrogen-bond donors (Lipinski definition) is 6. The Morgan fingerprint density at radius 2 is 1.81 bits per heavy atom. The van der Waals surface area contributed by atoms with Crippen molar-refractivity contribution in [3.63, 3.8) is 0 Å². The number of ether oxygens (including phenoxy) is 1. The molecule has 1 aliphatic heterocycles. The van der Waals surface area contributed by atoms with E-state index < -0.39 is 49.1 Å². The molecule has 1 rings (SSSR count). The molecular weight excluding hydrogens is 222 g/mol. The van der Waals surface area contributed by atoms with Crippen LogP contribution in [-0.2, 0) is 9.53 Å². The molecule has 0 aromatic carbocycles. The van der Waals surface area contributed by atoms with Crippen LogP contribution in [0.1, 0.15) is 0 Å². The van der Waals surface area contributed by atoms with E-state index >= 15 is 0 Å². The molecule has 0 spiro atoms. The Morgan fingerprint density at radius 3 is 2.25 bits per heavy atom. The van der Waals surface area contributed by atoms with E-state index in [1.54, 1.807) is 0 Å². The zero-order chi connectivity index (χ0) is 12.5. The van der Waals surface area contributed by atoms with Crippen LogP contribution in [0, 0.1) is 0 Å². The Kier molecular flexibility index (Phi) is 4.19. The zero-order valence-corrected chi connectivity index (χ0v) is 8.30. The van der Waals surface area contributed by atoms with Crippen LogP contribution in [-0.4, -0.2) is 74.7 Å². The van der Waals surface area contributed by atoms with Crippen LogP contribution in [0.25, 0.3) is 0 Å². The molecule has 16 heavy (non-hydrogen) atoms. The molecule has 94 valence electrons. The maximum Gasteiger partial charge on any atom is 0.323 e. The van der Waals surface area contributed by atoms with Gasteiger partial charge in [-0.1, -0.05) is 0 Å². The van der Waals surface area contributed by atoms with Gasteiger partial charge in [0.05, 0.1) is 6.61 Å². The first-order chi connectivity index (χ1) is 7.40. The van der Waals surface area contributed by atoms with E-state index in [0.29, 0.717) is 0 Å². The van der Waals surface area contributed by atoms with Gasteiger partial charge in [-0.25, -0.2) is 0 Å². The second-order valence-corrected chi connectivity index (χ2v) is 3.66. The van der Waals surface area contributed by atoms with Crippen molar-refractivity contribution in [3.05, 3.63) is 0 Å². The second kappa shape index (κ2) is 5.04. The van der Waals surface area contributed by atoms with Crippen LogP contribution in [0.3, 0.4) is 0 Å². The maximum atomic E-state index is 10.6. The highest BCUT2D eigenvalue weighted by atomic mass is 16.5. The number of rotatable bonds is 3. The average Bonchev–Trinajstić information content (AvgIpc) is 2.25. The fourth-order valence-electron chi connectivity index (χ4n) is 1.57. The summed E-state index contributed by atoms with van der Waals surface area (Å²) in [7, 11) is 0. The van der Waals surface area contributed by atoms with E-state index in [2.05, 4.69) is 0 Å². The van der Waals surface area contributed by atoms with Crippen LogP contribution < -0.4 is 5.73 Å². The molecule has 1 fully saturated rings. The van der Waals surface area contributed by atoms with Crippen LogP contribution >= 0.6 is 0 Å². The first kappa shape index (κ1) is 13.3. The van der Waals surface area contributed by atoms with Crippen molar-refractivity contribution < 1.29 is 35.1 Å². The lowest BCUT2D eigenvalue weighted by atomic mass is 9.91. The number of aliphatic hydroxyl groups excluding tert-OH is 4. The Labute approximate surface area is 90.9 Å². The molecule has 0 radical (unpaired) electrons. The molecule has 1 heterocycles. The van der Waals surface area contributed by atoms with Crippen molar-refractivity contribution in [1.29, 1.82) is 0 Å². The summed E-state index contributed by atoms with van der Waals surface area (Å²) in [6.07, 6.45) is -7.27. The molecule has 0 aromatic rings. The summed E-state index contributed by atoms with van der Waals surface area (Å²) in [4.78, 5) is 10.6. The van der Waals surface area contributed by atoms with Crippen molar-refractivity contribution >= 4 is 5.97 Å². The topological polar surface area (TPSA) is 153 Å². The van der Waals surface area contributed by atoms with Crippen molar-refractivity contribution in [2.75, 3.05) is 6.61 Å². The molecule has 6 atom stereocenters. The van der Waals surface area contributed by atoms with Crippen LogP contribution in [0.15, 0.2) is 0 Å². The fraction of sp³-hybridized carbons (Fsp3) is 0.875. The van der Waals surface area contributed by atoms with Gasteiger partial charge in [0, 0.05) is 0 Å². The maximum absolute atomic E-state index is 10.6. The second-order valence-electron chi connectivity index (χ2n) is 3.66. The number of nitrogens with two attached hydrogens (primary N) is 1. The summed E-state index contributed by atoms with van der Waals surface area (Å²) >= 11 is 0. The summed E-state index contributed by atoms with van der Waals surface area (Å²) < 4.78 is 4.94. The van der Waals surface area contributed by atoms with E-state index in [4.69, 9.17) is 20.7 Å². The Hall–Kier alpha value is -0.770. The van der Waals surface area contributed by atoms with Gasteiger partial charge in [0.1, 0.15) is 36.6 Å². The number of hydrogen-bond acceptors (Lipinski definition) is 7. The van der Waals surface area contributed by atoms with E-state index in [9.17, 15) is 20.1 Å². The molecular formula is C8H15NO7. The van der Waals surface area contributed by atoms with Crippen molar-refractivity contribution in [3.8, 4) is 0 Å². The van der Waals surface area contributed by atoms with E-state index in [0.717, 1.165) is 0 Å². The summed E-state index contributed by atoms with van der Waals surface area (Å²) in [5.74, 6) is -1.41. The monoisotopic (exact) mass is 237 g/mol. The third-order valence-corrected chi connectivity index (χ3v) is 2.57. The summed E-state index contributed by atoms with van der Waals surface area (Å²) in [6, 6.07) is -1.55. The molecule has 0 amide bonds. The largest absolute Gasteiger partial charge is 0.480 e. The van der Waals surface area contributed by atoms with E-state index in [-0.39, 0.29) is 0 Å². The number of aliphatic carboxylic acids is 1. The standard InChI is InChI=1S/C8H15NO7/c9-3(8(14)15)7-6(13)5(12)4(11)2(1-10)16-7/h2-7,10-13H,1,9H2,(H,14,15)/t2-,3-,4-,5+,6-,7+/m1/s1. The third kappa shape index (κ3) is 2.32. The third-order valence-electron chi connectivity index (χ3n) is 2.57. The molecule has 8 heteroatoms. The fourth-order valence-corrected chi connectivity index (χ4v) is 1.57. The lowest BCUT2D eigenvalue weighted by Crippen LogP contribution is -2.64. The lowest BCUT2D eigenvalue weighted by Gasteiger charge is -2.41. The van der Waals surface area contributed by atoms with Crippen molar-refractivity contribution in [2.24, 2.45) is 5.73 Å². The Balaban J connectivity index is 2.82. The SMILES string of the molecule is N[C@@H](C(=O)O)[C@@H]1O[C@H](CO)[C@@H](O)[C@H](O)[C@H]1O. The quantitative estimate of drug-likeness (QED) is 0.292. The smallest absolute Gasteiger partial charge is 0.323 e. The van der Waals surface area contributed by atoms with Crippen molar-refractivity contribution in [1.82, 2.24) is 0 Å². The molecule has 8 nitrogen and oxygen atoms in total. The van der Waals surface area contributed by atoms with Gasteiger partial charge in [0.2, 0.25) is 0 Å². The average molecular weight is 237 g/mol. The molecule has 0 saturated carbocycles. The normalized spacial score (nSPS) is 41.7. The van der Waals surface area contributed by atoms with Gasteiger partial charge in [-0.3, -0.25) is 4.79 Å². The lowest BCUT2D eigenvalue weighted by molar-refractivity contribution is -0.234. The minimum absolute atomic E-state index is 0.617. The van der Waals surface area contributed by atoms with Gasteiger partial charge in [-0.05, 0) is 0 Å². The first-order valence-electron chi connectivity index (χ1n) is 4.69. The van der Waals surface area contributed by atoms with Crippen LogP contribution in [0.4, 0.5) is 0 Å². The Bertz CT molecular complexity index is 259. The Morgan fingerprint density at radius 1 is 1.25 bits per heavy atom. The minimum atomic E-state index is -1.62. The van der Waals surface area contributed by atoms with Gasteiger partial charge >= 0.3 is 5.97 Å². The molecule has 1 saturated heterocycles. The molecule has 7 N–H and O–H groups in total. The number of carboxylic acid groups (broad SMARTS) is 1. The van der Waals surface area contributed by atoms with E-state index in [1.165, 1.54) is 0 Å². The predicted molar refractivity (Wildman–Crippen MR) is 49.4 cm³/mol. The van der Waals surface area contributed by atoms with Gasteiger partial charge < -0.3 is 36.0 Å². The first-order valence-corrected chi connectivity index (χ1v) is 4.69. The van der Waals surface area contributed by atoms with Crippen LogP contribution in [0.5, 0.6) is 0 Å². The van der Waals surface area contributed by atoms with Gasteiger partial charge in [-0.2, -0.15) is 0 Å². The van der Waals surface area contributed by atoms with Gasteiger partial charge in [-0.15, -0.1) is 0 Å². The molecule has 0 aliphatic carbocycles. The highest BCUT2D eigenvalue weighted by Gasteiger charge is 2.47. The zero-order valence-electron chi connectivity index (χ0n) is 8.30. The predicted octanol–water partition coefficient (Wildman–Crippen LogP) is -3.76. The molecule has 1 aliphatic rings. The van der Waals surface area contributed by atoms with Crippen LogP contribution in [0.2, 0.25) is 0 Å². The molecule has 0 unspecified atom stereocenters.